The van der Waals surface area contributed by atoms with Gasteiger partial charge in [0.2, 0.25) is 5.16 Å². The molecule has 0 atom stereocenters. The summed E-state index contributed by atoms with van der Waals surface area (Å²) >= 11 is 1.38. The van der Waals surface area contributed by atoms with Gasteiger partial charge in [-0.25, -0.2) is 13.8 Å². The Morgan fingerprint density at radius 3 is 2.72 bits per heavy atom. The van der Waals surface area contributed by atoms with E-state index in [1.54, 1.807) is 12.1 Å². The Kier molecular flexibility index (Phi) is 4.02. The van der Waals surface area contributed by atoms with Crippen molar-refractivity contribution >= 4 is 11.8 Å². The van der Waals surface area contributed by atoms with Crippen LogP contribution in [-0.2, 0) is 5.75 Å². The third-order valence-corrected chi connectivity index (χ3v) is 4.17. The molecule has 3 heterocycles. The lowest BCUT2D eigenvalue weighted by molar-refractivity contribution is 0.508. The maximum atomic E-state index is 13.3. The van der Waals surface area contributed by atoms with Crippen molar-refractivity contribution in [3.63, 3.8) is 0 Å². The van der Waals surface area contributed by atoms with Crippen molar-refractivity contribution in [2.45, 2.75) is 10.9 Å². The normalized spacial score (nSPS) is 11.1. The second-order valence-electron chi connectivity index (χ2n) is 4.98. The summed E-state index contributed by atoms with van der Waals surface area (Å²) in [5, 5.41) is 13.9. The minimum absolute atomic E-state index is 0.404. The molecule has 25 heavy (non-hydrogen) atoms. The maximum absolute atomic E-state index is 13.3. The highest BCUT2D eigenvalue weighted by Gasteiger charge is 2.13. The second kappa shape index (κ2) is 6.48. The predicted octanol–water partition coefficient (Wildman–Crippen LogP) is 3.42. The first kappa shape index (κ1) is 15.5. The van der Waals surface area contributed by atoms with Crippen LogP contribution in [0.3, 0.4) is 0 Å². The Bertz CT molecular complexity index is 997. The summed E-state index contributed by atoms with van der Waals surface area (Å²) in [4.78, 5) is 8.34. The summed E-state index contributed by atoms with van der Waals surface area (Å²) in [5.41, 5.74) is 0.435. The molecule has 0 amide bonds. The van der Waals surface area contributed by atoms with Crippen LogP contribution in [-0.4, -0.2) is 30.4 Å². The lowest BCUT2D eigenvalue weighted by Gasteiger charge is -1.98. The number of nitrogens with zero attached hydrogens (tertiary/aromatic N) is 4. The van der Waals surface area contributed by atoms with Gasteiger partial charge >= 0.3 is 0 Å². The van der Waals surface area contributed by atoms with Crippen LogP contribution >= 0.6 is 11.8 Å². The van der Waals surface area contributed by atoms with Gasteiger partial charge in [-0.1, -0.05) is 11.8 Å². The van der Waals surface area contributed by atoms with Crippen LogP contribution in [0.25, 0.3) is 22.9 Å². The number of hydrogen-bond acceptors (Lipinski definition) is 6. The van der Waals surface area contributed by atoms with Gasteiger partial charge in [-0.15, -0.1) is 5.10 Å². The number of aromatic amines is 2. The topological polar surface area (TPSA) is 96.3 Å². The van der Waals surface area contributed by atoms with E-state index in [1.807, 2.05) is 0 Å². The van der Waals surface area contributed by atoms with Crippen LogP contribution < -0.4 is 0 Å². The molecule has 0 fully saturated rings. The summed E-state index contributed by atoms with van der Waals surface area (Å²) < 4.78 is 32.0. The molecule has 0 saturated carbocycles. The minimum atomic E-state index is -0.929. The molecule has 0 saturated heterocycles. The SMILES string of the molecule is Fc1ccc(-c2ccc(-c3nc(SCc4ncn[nH]4)n[nH]3)o2)cc1F. The lowest BCUT2D eigenvalue weighted by Crippen LogP contribution is -1.84. The third-order valence-electron chi connectivity index (χ3n) is 3.31. The summed E-state index contributed by atoms with van der Waals surface area (Å²) in [6.45, 7) is 0. The number of H-pyrrole nitrogens is 2. The zero-order valence-electron chi connectivity index (χ0n) is 12.5. The van der Waals surface area contributed by atoms with E-state index in [9.17, 15) is 8.78 Å². The van der Waals surface area contributed by atoms with Crippen LogP contribution in [0.15, 0.2) is 46.2 Å². The van der Waals surface area contributed by atoms with E-state index < -0.39 is 11.6 Å². The number of furan rings is 1. The van der Waals surface area contributed by atoms with Gasteiger partial charge in [0.15, 0.2) is 23.2 Å². The van der Waals surface area contributed by atoms with Gasteiger partial charge in [-0.3, -0.25) is 10.2 Å². The van der Waals surface area contributed by atoms with Crippen molar-refractivity contribution in [2.75, 3.05) is 0 Å². The molecule has 126 valence electrons. The fraction of sp³-hybridized carbons (Fsp3) is 0.0667. The smallest absolute Gasteiger partial charge is 0.209 e. The van der Waals surface area contributed by atoms with E-state index in [-0.39, 0.29) is 0 Å². The molecule has 0 aliphatic rings. The largest absolute Gasteiger partial charge is 0.453 e. The van der Waals surface area contributed by atoms with Crippen molar-refractivity contribution in [1.82, 2.24) is 30.4 Å². The molecule has 0 unspecified atom stereocenters. The van der Waals surface area contributed by atoms with Crippen LogP contribution in [0.2, 0.25) is 0 Å². The third kappa shape index (κ3) is 3.29. The Labute approximate surface area is 143 Å². The predicted molar refractivity (Wildman–Crippen MR) is 85.4 cm³/mol. The van der Waals surface area contributed by atoms with Gasteiger partial charge in [-0.2, -0.15) is 10.1 Å². The number of hydrogen-bond donors (Lipinski definition) is 2. The second-order valence-corrected chi connectivity index (χ2v) is 5.92. The molecule has 4 rings (SSSR count). The summed E-state index contributed by atoms with van der Waals surface area (Å²) in [5.74, 6) is 0.722. The van der Waals surface area contributed by atoms with E-state index in [2.05, 4.69) is 30.4 Å². The Hall–Kier alpha value is -3.01. The first-order valence-corrected chi connectivity index (χ1v) is 8.12. The molecular weight excluding hydrogens is 350 g/mol. The van der Waals surface area contributed by atoms with Gasteiger partial charge < -0.3 is 4.42 Å². The fourth-order valence-electron chi connectivity index (χ4n) is 2.12. The summed E-state index contributed by atoms with van der Waals surface area (Å²) in [7, 11) is 0. The molecule has 0 aliphatic carbocycles. The Morgan fingerprint density at radius 2 is 1.92 bits per heavy atom. The van der Waals surface area contributed by atoms with Crippen molar-refractivity contribution in [3.8, 4) is 22.9 Å². The van der Waals surface area contributed by atoms with E-state index in [1.165, 1.54) is 24.2 Å². The molecular formula is C15H10F2N6OS. The average molecular weight is 360 g/mol. The molecule has 4 aromatic rings. The molecule has 2 N–H and O–H groups in total. The van der Waals surface area contributed by atoms with E-state index >= 15 is 0 Å². The maximum Gasteiger partial charge on any atom is 0.209 e. The van der Waals surface area contributed by atoms with Crippen LogP contribution in [0.4, 0.5) is 8.78 Å². The zero-order valence-corrected chi connectivity index (χ0v) is 13.3. The van der Waals surface area contributed by atoms with E-state index in [4.69, 9.17) is 4.42 Å². The van der Waals surface area contributed by atoms with Gasteiger partial charge in [0.25, 0.3) is 0 Å². The molecule has 0 radical (unpaired) electrons. The lowest BCUT2D eigenvalue weighted by atomic mass is 10.1. The van der Waals surface area contributed by atoms with Gasteiger partial charge in [-0.05, 0) is 30.3 Å². The van der Waals surface area contributed by atoms with Crippen LogP contribution in [0.5, 0.6) is 0 Å². The molecule has 0 bridgehead atoms. The van der Waals surface area contributed by atoms with E-state index in [0.29, 0.717) is 33.8 Å². The number of rotatable bonds is 5. The number of benzene rings is 1. The van der Waals surface area contributed by atoms with Gasteiger partial charge in [0.05, 0.1) is 5.75 Å². The van der Waals surface area contributed by atoms with Gasteiger partial charge in [0, 0.05) is 5.56 Å². The highest BCUT2D eigenvalue weighted by molar-refractivity contribution is 7.98. The molecule has 3 aromatic heterocycles. The Balaban J connectivity index is 1.51. The molecule has 1 aromatic carbocycles. The number of nitrogens with one attached hydrogen (secondary N) is 2. The monoisotopic (exact) mass is 360 g/mol. The highest BCUT2D eigenvalue weighted by Crippen LogP contribution is 2.28. The molecule has 10 heteroatoms. The van der Waals surface area contributed by atoms with Crippen molar-refractivity contribution < 1.29 is 13.2 Å². The molecule has 0 aliphatic heterocycles. The molecule has 0 spiro atoms. The van der Waals surface area contributed by atoms with Crippen molar-refractivity contribution in [1.29, 1.82) is 0 Å². The minimum Gasteiger partial charge on any atom is -0.453 e. The fourth-order valence-corrected chi connectivity index (χ4v) is 2.80. The summed E-state index contributed by atoms with van der Waals surface area (Å²) in [6, 6.07) is 6.92. The van der Waals surface area contributed by atoms with Crippen molar-refractivity contribution in [2.24, 2.45) is 0 Å². The van der Waals surface area contributed by atoms with Crippen LogP contribution in [0, 0.1) is 11.6 Å². The molecule has 7 nitrogen and oxygen atoms in total. The number of aromatic nitrogens is 6. The highest BCUT2D eigenvalue weighted by atomic mass is 32.2. The standard InChI is InChI=1S/C15H10F2N6OS/c16-9-2-1-8(5-10(9)17)11-3-4-12(24-11)14-20-15(23-22-14)25-6-13-18-7-19-21-13/h1-5,7H,6H2,(H,18,19,21)(H,20,22,23). The number of halogens is 2. The summed E-state index contributed by atoms with van der Waals surface area (Å²) in [6.07, 6.45) is 1.43. The average Bonchev–Trinajstić information content (AvgIpc) is 3.36. The number of thioether (sulfide) groups is 1. The van der Waals surface area contributed by atoms with Gasteiger partial charge in [0.1, 0.15) is 17.9 Å². The zero-order chi connectivity index (χ0) is 17.2. The Morgan fingerprint density at radius 1 is 1.04 bits per heavy atom. The van der Waals surface area contributed by atoms with Crippen molar-refractivity contribution in [3.05, 3.63) is 54.1 Å². The first-order chi connectivity index (χ1) is 12.2. The van der Waals surface area contributed by atoms with Crippen LogP contribution in [0.1, 0.15) is 5.82 Å². The quantitative estimate of drug-likeness (QED) is 0.530. The van der Waals surface area contributed by atoms with E-state index in [0.717, 1.165) is 18.0 Å². The first-order valence-electron chi connectivity index (χ1n) is 7.14.